The smallest absolute Gasteiger partial charge is 0.225 e. The minimum absolute atomic E-state index is 0.0417. The van der Waals surface area contributed by atoms with E-state index in [4.69, 9.17) is 14.7 Å². The molecule has 0 saturated carbocycles. The lowest BCUT2D eigenvalue weighted by Gasteiger charge is -2.37. The molecule has 2 fully saturated rings. The largest absolute Gasteiger partial charge is 0.372 e. The number of para-hydroxylation sites is 2. The quantitative estimate of drug-likeness (QED) is 0.875. The average Bonchev–Trinajstić information content (AvgIpc) is 3.01. The highest BCUT2D eigenvalue weighted by Crippen LogP contribution is 2.29. The number of morpholine rings is 1. The van der Waals surface area contributed by atoms with Gasteiger partial charge >= 0.3 is 0 Å². The van der Waals surface area contributed by atoms with Gasteiger partial charge in [-0.1, -0.05) is 12.1 Å². The molecule has 7 heteroatoms. The second kappa shape index (κ2) is 7.54. The maximum atomic E-state index is 12.3. The number of carbonyl (C=O) groups is 1. The average molecular weight is 383 g/mol. The van der Waals surface area contributed by atoms with Gasteiger partial charge in [0.25, 0.3) is 0 Å². The summed E-state index contributed by atoms with van der Waals surface area (Å²) in [5.74, 6) is 1.79. The number of benzene rings is 1. The first kappa shape index (κ1) is 18.9. The van der Waals surface area contributed by atoms with E-state index in [-0.39, 0.29) is 30.2 Å². The second-order valence-electron chi connectivity index (χ2n) is 8.23. The van der Waals surface area contributed by atoms with E-state index in [1.807, 2.05) is 29.2 Å². The van der Waals surface area contributed by atoms with Crippen LogP contribution >= 0.6 is 0 Å². The molecular formula is C21H29N5O2. The number of nitrogens with zero attached hydrogens (tertiary/aromatic N) is 4. The van der Waals surface area contributed by atoms with Crippen molar-refractivity contribution in [2.45, 2.75) is 58.4 Å². The highest BCUT2D eigenvalue weighted by atomic mass is 16.5. The standard InChI is InChI=1S/C21H29N5O2/c1-13(2)26-12-16(9-19(26)27)22-20-21(25-10-14(3)28-15(4)11-25)24-18-8-6-5-7-17(18)23-20/h5-8,13-16H,9-12H2,1-4H3,(H,22,23)/t14-,15-,16+/m1/s1. The molecule has 3 heterocycles. The van der Waals surface area contributed by atoms with Gasteiger partial charge in [-0.05, 0) is 39.8 Å². The third-order valence-electron chi connectivity index (χ3n) is 5.39. The summed E-state index contributed by atoms with van der Waals surface area (Å²) in [7, 11) is 0. The third-order valence-corrected chi connectivity index (χ3v) is 5.39. The lowest BCUT2D eigenvalue weighted by Crippen LogP contribution is -2.46. The summed E-state index contributed by atoms with van der Waals surface area (Å²) in [4.78, 5) is 26.3. The zero-order valence-electron chi connectivity index (χ0n) is 17.1. The fourth-order valence-corrected chi connectivity index (χ4v) is 4.18. The number of rotatable bonds is 4. The summed E-state index contributed by atoms with van der Waals surface area (Å²) < 4.78 is 5.89. The highest BCUT2D eigenvalue weighted by Gasteiger charge is 2.33. The molecule has 150 valence electrons. The molecule has 1 amide bonds. The lowest BCUT2D eigenvalue weighted by atomic mass is 10.2. The van der Waals surface area contributed by atoms with Gasteiger partial charge in [-0.2, -0.15) is 0 Å². The summed E-state index contributed by atoms with van der Waals surface area (Å²) in [5, 5.41) is 3.53. The van der Waals surface area contributed by atoms with Crippen LogP contribution in [-0.4, -0.2) is 64.7 Å². The van der Waals surface area contributed by atoms with Crippen LogP contribution in [0.2, 0.25) is 0 Å². The third kappa shape index (κ3) is 3.76. The van der Waals surface area contributed by atoms with Gasteiger partial charge in [0.1, 0.15) is 0 Å². The number of hydrogen-bond acceptors (Lipinski definition) is 6. The number of ether oxygens (including phenoxy) is 1. The molecule has 2 aromatic rings. The van der Waals surface area contributed by atoms with Gasteiger partial charge in [0.2, 0.25) is 5.91 Å². The molecule has 1 aromatic carbocycles. The van der Waals surface area contributed by atoms with Crippen molar-refractivity contribution in [1.82, 2.24) is 14.9 Å². The fraction of sp³-hybridized carbons (Fsp3) is 0.571. The Morgan fingerprint density at radius 1 is 1.07 bits per heavy atom. The molecule has 2 saturated heterocycles. The fourth-order valence-electron chi connectivity index (χ4n) is 4.18. The molecule has 4 rings (SSSR count). The Balaban J connectivity index is 1.67. The predicted molar refractivity (Wildman–Crippen MR) is 111 cm³/mol. The van der Waals surface area contributed by atoms with E-state index >= 15 is 0 Å². The Morgan fingerprint density at radius 2 is 1.71 bits per heavy atom. The van der Waals surface area contributed by atoms with Crippen molar-refractivity contribution in [2.24, 2.45) is 0 Å². The van der Waals surface area contributed by atoms with Crippen molar-refractivity contribution in [1.29, 1.82) is 0 Å². The van der Waals surface area contributed by atoms with E-state index < -0.39 is 0 Å². The lowest BCUT2D eigenvalue weighted by molar-refractivity contribution is -0.129. The number of fused-ring (bicyclic) bond motifs is 1. The van der Waals surface area contributed by atoms with E-state index in [1.165, 1.54) is 0 Å². The molecule has 1 N–H and O–H groups in total. The van der Waals surface area contributed by atoms with Gasteiger partial charge in [-0.25, -0.2) is 9.97 Å². The maximum Gasteiger partial charge on any atom is 0.225 e. The Labute approximate surface area is 166 Å². The highest BCUT2D eigenvalue weighted by molar-refractivity contribution is 5.83. The number of carbonyl (C=O) groups excluding carboxylic acids is 1. The van der Waals surface area contributed by atoms with Crippen molar-refractivity contribution in [3.8, 4) is 0 Å². The molecule has 3 atom stereocenters. The van der Waals surface area contributed by atoms with Crippen LogP contribution in [0.1, 0.15) is 34.1 Å². The van der Waals surface area contributed by atoms with Crippen molar-refractivity contribution in [3.05, 3.63) is 24.3 Å². The topological polar surface area (TPSA) is 70.6 Å². The van der Waals surface area contributed by atoms with Crippen LogP contribution in [0.4, 0.5) is 11.6 Å². The molecule has 0 unspecified atom stereocenters. The molecule has 2 aliphatic rings. The van der Waals surface area contributed by atoms with E-state index in [2.05, 4.69) is 37.9 Å². The van der Waals surface area contributed by atoms with Gasteiger partial charge in [0.15, 0.2) is 11.6 Å². The van der Waals surface area contributed by atoms with Gasteiger partial charge in [0, 0.05) is 32.1 Å². The van der Waals surface area contributed by atoms with E-state index in [0.717, 1.165) is 35.8 Å². The number of anilines is 2. The second-order valence-corrected chi connectivity index (χ2v) is 8.23. The van der Waals surface area contributed by atoms with Crippen molar-refractivity contribution >= 4 is 28.6 Å². The van der Waals surface area contributed by atoms with Crippen LogP contribution in [0, 0.1) is 0 Å². The molecule has 28 heavy (non-hydrogen) atoms. The number of likely N-dealkylation sites (tertiary alicyclic amines) is 1. The van der Waals surface area contributed by atoms with Crippen LogP contribution in [0.3, 0.4) is 0 Å². The molecule has 0 radical (unpaired) electrons. The Bertz CT molecular complexity index is 861. The van der Waals surface area contributed by atoms with E-state index in [0.29, 0.717) is 13.0 Å². The number of hydrogen-bond donors (Lipinski definition) is 1. The molecule has 0 aliphatic carbocycles. The van der Waals surface area contributed by atoms with Crippen LogP contribution in [0.15, 0.2) is 24.3 Å². The summed E-state index contributed by atoms with van der Waals surface area (Å²) in [5.41, 5.74) is 1.73. The summed E-state index contributed by atoms with van der Waals surface area (Å²) in [6.07, 6.45) is 0.755. The van der Waals surface area contributed by atoms with E-state index in [1.54, 1.807) is 0 Å². The first-order valence-electron chi connectivity index (χ1n) is 10.1. The van der Waals surface area contributed by atoms with Crippen molar-refractivity contribution < 1.29 is 9.53 Å². The zero-order chi connectivity index (χ0) is 19.8. The minimum atomic E-state index is 0.0417. The number of aromatic nitrogens is 2. The van der Waals surface area contributed by atoms with Crippen LogP contribution in [0.5, 0.6) is 0 Å². The van der Waals surface area contributed by atoms with Gasteiger partial charge in [-0.15, -0.1) is 0 Å². The van der Waals surface area contributed by atoms with E-state index in [9.17, 15) is 4.79 Å². The van der Waals surface area contributed by atoms with Gasteiger partial charge < -0.3 is 19.9 Å². The van der Waals surface area contributed by atoms with Crippen LogP contribution < -0.4 is 10.2 Å². The first-order chi connectivity index (χ1) is 13.4. The molecular weight excluding hydrogens is 354 g/mol. The van der Waals surface area contributed by atoms with Crippen molar-refractivity contribution in [2.75, 3.05) is 29.9 Å². The summed E-state index contributed by atoms with van der Waals surface area (Å²) >= 11 is 0. The van der Waals surface area contributed by atoms with Crippen LogP contribution in [0.25, 0.3) is 11.0 Å². The zero-order valence-corrected chi connectivity index (χ0v) is 17.1. The minimum Gasteiger partial charge on any atom is -0.372 e. The van der Waals surface area contributed by atoms with Gasteiger partial charge in [-0.3, -0.25) is 4.79 Å². The van der Waals surface area contributed by atoms with Crippen LogP contribution in [-0.2, 0) is 9.53 Å². The predicted octanol–water partition coefficient (Wildman–Crippen LogP) is 2.66. The monoisotopic (exact) mass is 383 g/mol. The molecule has 7 nitrogen and oxygen atoms in total. The molecule has 1 aromatic heterocycles. The first-order valence-corrected chi connectivity index (χ1v) is 10.1. The molecule has 2 aliphatic heterocycles. The van der Waals surface area contributed by atoms with Gasteiger partial charge in [0.05, 0.1) is 29.3 Å². The maximum absolute atomic E-state index is 12.3. The van der Waals surface area contributed by atoms with Crippen molar-refractivity contribution in [3.63, 3.8) is 0 Å². The summed E-state index contributed by atoms with van der Waals surface area (Å²) in [6, 6.07) is 8.17. The number of amides is 1. The number of nitrogens with one attached hydrogen (secondary N) is 1. The Kier molecular flexibility index (Phi) is 5.10. The Morgan fingerprint density at radius 3 is 2.32 bits per heavy atom. The SMILES string of the molecule is CC(C)N1C[C@@H](Nc2nc3ccccc3nc2N2C[C@@H](C)O[C@H](C)C2)CC1=O. The normalized spacial score (nSPS) is 25.8. The molecule has 0 spiro atoms. The Hall–Kier alpha value is -2.41. The molecule has 0 bridgehead atoms. The summed E-state index contributed by atoms with van der Waals surface area (Å²) in [6.45, 7) is 10.5.